The lowest BCUT2D eigenvalue weighted by Gasteiger charge is -2.37. The van der Waals surface area contributed by atoms with Crippen molar-refractivity contribution in [2.75, 3.05) is 0 Å². The van der Waals surface area contributed by atoms with Gasteiger partial charge in [0.2, 0.25) is 5.88 Å². The Morgan fingerprint density at radius 1 is 1.33 bits per heavy atom. The Bertz CT molecular complexity index is 907. The molecule has 0 radical (unpaired) electrons. The number of aryl methyl sites for hydroxylation is 1. The van der Waals surface area contributed by atoms with Gasteiger partial charge in [-0.1, -0.05) is 26.7 Å². The first-order valence-corrected chi connectivity index (χ1v) is 9.70. The van der Waals surface area contributed by atoms with Gasteiger partial charge in [0.1, 0.15) is 17.4 Å². The molecule has 0 aromatic carbocycles. The lowest BCUT2D eigenvalue weighted by Crippen LogP contribution is -2.34. The summed E-state index contributed by atoms with van der Waals surface area (Å²) in [5.74, 6) is 0.297. The zero-order chi connectivity index (χ0) is 19.3. The van der Waals surface area contributed by atoms with E-state index in [2.05, 4.69) is 19.9 Å². The summed E-state index contributed by atoms with van der Waals surface area (Å²) in [5, 5.41) is 14.5. The molecule has 2 N–H and O–H groups in total. The SMILES string of the molecule is Cc1cc([C@@H]2C(C#N)=C(N)OC3=C2C(=O)CC(C)(C)C3)n(C2CCCC2)n1. The summed E-state index contributed by atoms with van der Waals surface area (Å²) >= 11 is 0. The van der Waals surface area contributed by atoms with Crippen molar-refractivity contribution in [3.05, 3.63) is 40.2 Å². The second-order valence-corrected chi connectivity index (χ2v) is 8.80. The van der Waals surface area contributed by atoms with Crippen LogP contribution in [0, 0.1) is 23.7 Å². The van der Waals surface area contributed by atoms with Gasteiger partial charge in [-0.15, -0.1) is 0 Å². The number of ether oxygens (including phenoxy) is 1. The third-order valence-electron chi connectivity index (χ3n) is 5.93. The molecule has 1 atom stereocenters. The molecular formula is C21H26N4O2. The van der Waals surface area contributed by atoms with Crippen molar-refractivity contribution in [2.24, 2.45) is 11.1 Å². The quantitative estimate of drug-likeness (QED) is 0.860. The Kier molecular flexibility index (Phi) is 4.14. The van der Waals surface area contributed by atoms with E-state index < -0.39 is 5.92 Å². The molecule has 0 bridgehead atoms. The maximum absolute atomic E-state index is 13.1. The van der Waals surface area contributed by atoms with Crippen molar-refractivity contribution >= 4 is 5.78 Å². The minimum Gasteiger partial charge on any atom is -0.444 e. The van der Waals surface area contributed by atoms with Gasteiger partial charge in [-0.3, -0.25) is 9.48 Å². The lowest BCUT2D eigenvalue weighted by molar-refractivity contribution is -0.119. The van der Waals surface area contributed by atoms with E-state index >= 15 is 0 Å². The highest BCUT2D eigenvalue weighted by molar-refractivity contribution is 5.99. The monoisotopic (exact) mass is 366 g/mol. The summed E-state index contributed by atoms with van der Waals surface area (Å²) in [6, 6.07) is 4.52. The summed E-state index contributed by atoms with van der Waals surface area (Å²) in [6.07, 6.45) is 5.60. The number of Topliss-reactive ketones (excluding diaryl/α,β-unsaturated/α-hetero) is 1. The van der Waals surface area contributed by atoms with Crippen LogP contribution in [0.2, 0.25) is 0 Å². The van der Waals surface area contributed by atoms with Gasteiger partial charge >= 0.3 is 0 Å². The number of allylic oxidation sites excluding steroid dienone is 3. The number of carbonyl (C=O) groups is 1. The van der Waals surface area contributed by atoms with Crippen molar-refractivity contribution in [1.82, 2.24) is 9.78 Å². The van der Waals surface area contributed by atoms with Gasteiger partial charge in [-0.05, 0) is 31.2 Å². The number of ketones is 1. The van der Waals surface area contributed by atoms with Gasteiger partial charge in [-0.2, -0.15) is 10.4 Å². The largest absolute Gasteiger partial charge is 0.444 e. The number of hydrogen-bond acceptors (Lipinski definition) is 5. The molecule has 1 fully saturated rings. The molecule has 1 aromatic heterocycles. The standard InChI is InChI=1S/C21H26N4O2/c1-12-8-15(25(24-12)13-6-4-5-7-13)18-14(11-22)20(23)27-17-10-21(2,3)9-16(26)19(17)18/h8,13,18H,4-7,9-10,23H2,1-3H3/t18-/m0/s1. The number of nitriles is 1. The molecule has 142 valence electrons. The molecule has 1 saturated carbocycles. The Balaban J connectivity index is 1.89. The fourth-order valence-electron chi connectivity index (χ4n) is 4.77. The van der Waals surface area contributed by atoms with Crippen molar-refractivity contribution in [3.63, 3.8) is 0 Å². The van der Waals surface area contributed by atoms with E-state index in [9.17, 15) is 10.1 Å². The maximum atomic E-state index is 13.1. The van der Waals surface area contributed by atoms with Gasteiger partial charge in [-0.25, -0.2) is 0 Å². The van der Waals surface area contributed by atoms with Crippen LogP contribution in [0.5, 0.6) is 0 Å². The third-order valence-corrected chi connectivity index (χ3v) is 5.93. The molecule has 1 aromatic rings. The van der Waals surface area contributed by atoms with E-state index in [4.69, 9.17) is 15.6 Å². The molecule has 0 unspecified atom stereocenters. The van der Waals surface area contributed by atoms with Gasteiger partial charge in [0, 0.05) is 18.4 Å². The van der Waals surface area contributed by atoms with E-state index in [1.54, 1.807) is 0 Å². The van der Waals surface area contributed by atoms with Crippen molar-refractivity contribution < 1.29 is 9.53 Å². The molecule has 4 rings (SSSR count). The second kappa shape index (κ2) is 6.26. The summed E-state index contributed by atoms with van der Waals surface area (Å²) < 4.78 is 7.83. The lowest BCUT2D eigenvalue weighted by atomic mass is 9.71. The highest BCUT2D eigenvalue weighted by Crippen LogP contribution is 2.48. The molecule has 0 saturated heterocycles. The van der Waals surface area contributed by atoms with Crippen LogP contribution >= 0.6 is 0 Å². The minimum absolute atomic E-state index is 0.0447. The zero-order valence-electron chi connectivity index (χ0n) is 16.2. The summed E-state index contributed by atoms with van der Waals surface area (Å²) in [4.78, 5) is 13.1. The fourth-order valence-corrected chi connectivity index (χ4v) is 4.77. The number of carbonyl (C=O) groups excluding carboxylic acids is 1. The summed E-state index contributed by atoms with van der Waals surface area (Å²) in [6.45, 7) is 6.06. The topological polar surface area (TPSA) is 93.9 Å². The first-order valence-electron chi connectivity index (χ1n) is 9.70. The number of rotatable bonds is 2. The number of aromatic nitrogens is 2. The van der Waals surface area contributed by atoms with Gasteiger partial charge < -0.3 is 10.5 Å². The smallest absolute Gasteiger partial charge is 0.205 e. The zero-order valence-corrected chi connectivity index (χ0v) is 16.2. The van der Waals surface area contributed by atoms with E-state index in [0.29, 0.717) is 35.8 Å². The highest BCUT2D eigenvalue weighted by atomic mass is 16.5. The van der Waals surface area contributed by atoms with Crippen LogP contribution in [-0.2, 0) is 9.53 Å². The van der Waals surface area contributed by atoms with Gasteiger partial charge in [0.25, 0.3) is 0 Å². The van der Waals surface area contributed by atoms with E-state index in [0.717, 1.165) is 24.2 Å². The Morgan fingerprint density at radius 2 is 2.04 bits per heavy atom. The van der Waals surface area contributed by atoms with E-state index in [1.807, 2.05) is 17.7 Å². The molecule has 2 aliphatic carbocycles. The van der Waals surface area contributed by atoms with E-state index in [-0.39, 0.29) is 17.1 Å². The predicted octanol–water partition coefficient (Wildman–Crippen LogP) is 3.76. The number of nitrogens with zero attached hydrogens (tertiary/aromatic N) is 3. The van der Waals surface area contributed by atoms with Gasteiger partial charge in [0.05, 0.1) is 23.3 Å². The first-order chi connectivity index (χ1) is 12.8. The highest BCUT2D eigenvalue weighted by Gasteiger charge is 2.44. The molecule has 2 heterocycles. The van der Waals surface area contributed by atoms with E-state index in [1.165, 1.54) is 12.8 Å². The molecule has 6 heteroatoms. The van der Waals surface area contributed by atoms with Crippen molar-refractivity contribution in [3.8, 4) is 6.07 Å². The summed E-state index contributed by atoms with van der Waals surface area (Å²) in [5.41, 5.74) is 8.66. The Morgan fingerprint density at radius 3 is 2.70 bits per heavy atom. The molecule has 27 heavy (non-hydrogen) atoms. The van der Waals surface area contributed by atoms with Crippen molar-refractivity contribution in [2.45, 2.75) is 71.3 Å². The van der Waals surface area contributed by atoms with Crippen LogP contribution in [0.1, 0.15) is 75.7 Å². The van der Waals surface area contributed by atoms with Crippen LogP contribution in [0.3, 0.4) is 0 Å². The van der Waals surface area contributed by atoms with Crippen LogP contribution < -0.4 is 5.73 Å². The van der Waals surface area contributed by atoms with Gasteiger partial charge in [0.15, 0.2) is 5.78 Å². The fraction of sp³-hybridized carbons (Fsp3) is 0.571. The number of nitrogens with two attached hydrogens (primary N) is 1. The molecular weight excluding hydrogens is 340 g/mol. The molecule has 1 aliphatic heterocycles. The maximum Gasteiger partial charge on any atom is 0.205 e. The molecule has 3 aliphatic rings. The molecule has 0 amide bonds. The van der Waals surface area contributed by atoms with Crippen LogP contribution in [0.15, 0.2) is 28.9 Å². The Labute approximate surface area is 159 Å². The predicted molar refractivity (Wildman–Crippen MR) is 100 cm³/mol. The summed E-state index contributed by atoms with van der Waals surface area (Å²) in [7, 11) is 0. The van der Waals surface area contributed by atoms with Crippen LogP contribution in [0.25, 0.3) is 0 Å². The second-order valence-electron chi connectivity index (χ2n) is 8.80. The van der Waals surface area contributed by atoms with Crippen molar-refractivity contribution in [1.29, 1.82) is 5.26 Å². The molecule has 0 spiro atoms. The normalized spacial score (nSPS) is 25.4. The molecule has 6 nitrogen and oxygen atoms in total. The third kappa shape index (κ3) is 2.95. The minimum atomic E-state index is -0.482. The number of hydrogen-bond donors (Lipinski definition) is 1. The first kappa shape index (κ1) is 17.8. The van der Waals surface area contributed by atoms with Crippen LogP contribution in [0.4, 0.5) is 0 Å². The average Bonchev–Trinajstić information content (AvgIpc) is 3.21. The Hall–Kier alpha value is -2.55. The average molecular weight is 366 g/mol. The van der Waals surface area contributed by atoms with Crippen LogP contribution in [-0.4, -0.2) is 15.6 Å².